The number of rotatable bonds is 12. The van der Waals surface area contributed by atoms with Gasteiger partial charge < -0.3 is 14.4 Å². The molecule has 0 saturated heterocycles. The van der Waals surface area contributed by atoms with Gasteiger partial charge in [-0.3, -0.25) is 4.99 Å². The molecule has 0 fully saturated rings. The minimum atomic E-state index is -0.247. The van der Waals surface area contributed by atoms with Gasteiger partial charge in [0.2, 0.25) is 0 Å². The van der Waals surface area contributed by atoms with Crippen molar-refractivity contribution >= 4 is 5.71 Å². The minimum Gasteiger partial charge on any atom is -0.379 e. The molecule has 0 bridgehead atoms. The minimum absolute atomic E-state index is 0.0414. The molecule has 0 radical (unpaired) electrons. The number of ether oxygens (including phenoxy) is 2. The van der Waals surface area contributed by atoms with Gasteiger partial charge >= 0.3 is 0 Å². The van der Waals surface area contributed by atoms with Gasteiger partial charge in [0.15, 0.2) is 0 Å². The van der Waals surface area contributed by atoms with E-state index in [-0.39, 0.29) is 22.7 Å². The summed E-state index contributed by atoms with van der Waals surface area (Å²) in [6, 6.07) is 0. The van der Waals surface area contributed by atoms with E-state index in [1.165, 1.54) is 0 Å². The Balaban J connectivity index is 5.25. The maximum Gasteiger partial charge on any atom is 0.0909 e. The lowest BCUT2D eigenvalue weighted by molar-refractivity contribution is -0.0386. The van der Waals surface area contributed by atoms with Gasteiger partial charge in [0.05, 0.1) is 24.0 Å². The number of hydrogen-bond donors (Lipinski definition) is 0. The van der Waals surface area contributed by atoms with Gasteiger partial charge in [-0.2, -0.15) is 0 Å². The van der Waals surface area contributed by atoms with Crippen LogP contribution in [0.25, 0.3) is 0 Å². The van der Waals surface area contributed by atoms with Crippen molar-refractivity contribution in [2.24, 2.45) is 10.4 Å². The fourth-order valence-corrected chi connectivity index (χ4v) is 3.13. The van der Waals surface area contributed by atoms with E-state index in [1.807, 2.05) is 0 Å². The third kappa shape index (κ3) is 12.6. The molecule has 0 saturated carbocycles. The summed E-state index contributed by atoms with van der Waals surface area (Å²) in [6.07, 6.45) is 5.31. The summed E-state index contributed by atoms with van der Waals surface area (Å²) in [5.74, 6) is 0. The Morgan fingerprint density at radius 2 is 1.64 bits per heavy atom. The van der Waals surface area contributed by atoms with Gasteiger partial charge in [-0.1, -0.05) is 27.7 Å². The molecule has 0 aromatic carbocycles. The maximum absolute atomic E-state index is 6.25. The van der Waals surface area contributed by atoms with Gasteiger partial charge in [0.1, 0.15) is 0 Å². The Kier molecular flexibility index (Phi) is 11.0. The highest BCUT2D eigenvalue weighted by Crippen LogP contribution is 2.31. The Hall–Kier alpha value is -0.870. The zero-order chi connectivity index (χ0) is 22.2. The third-order valence-electron chi connectivity index (χ3n) is 4.87. The van der Waals surface area contributed by atoms with Crippen LogP contribution in [-0.4, -0.2) is 48.1 Å². The Labute approximate surface area is 175 Å². The topological polar surface area (TPSA) is 34.1 Å². The molecular formula is C24H48N2O2. The average Bonchev–Trinajstić information content (AvgIpc) is 2.49. The van der Waals surface area contributed by atoms with Crippen molar-refractivity contribution < 1.29 is 9.47 Å². The van der Waals surface area contributed by atoms with Crippen LogP contribution in [0, 0.1) is 5.41 Å². The highest BCUT2D eigenvalue weighted by molar-refractivity contribution is 5.82. The van der Waals surface area contributed by atoms with Crippen molar-refractivity contribution in [3.05, 3.63) is 11.9 Å². The van der Waals surface area contributed by atoms with Crippen molar-refractivity contribution in [3.8, 4) is 0 Å². The Morgan fingerprint density at radius 3 is 2.11 bits per heavy atom. The first kappa shape index (κ1) is 27.1. The quantitative estimate of drug-likeness (QED) is 0.355. The molecule has 0 spiro atoms. The largest absolute Gasteiger partial charge is 0.379 e. The molecule has 0 atom stereocenters. The van der Waals surface area contributed by atoms with Crippen LogP contribution < -0.4 is 0 Å². The maximum atomic E-state index is 6.25. The van der Waals surface area contributed by atoms with Crippen molar-refractivity contribution in [3.63, 3.8) is 0 Å². The lowest BCUT2D eigenvalue weighted by atomic mass is 9.81. The predicted octanol–water partition coefficient (Wildman–Crippen LogP) is 6.46. The second kappa shape index (κ2) is 11.3. The molecule has 28 heavy (non-hydrogen) atoms. The van der Waals surface area contributed by atoms with Gasteiger partial charge in [0, 0.05) is 31.1 Å². The zero-order valence-corrected chi connectivity index (χ0v) is 20.9. The summed E-state index contributed by atoms with van der Waals surface area (Å²) >= 11 is 0. The van der Waals surface area contributed by atoms with Crippen molar-refractivity contribution in [2.75, 3.05) is 20.3 Å². The SMILES string of the molecule is CCC(C)=N/C(=C\N(C)C(C)(C)CC(C)(C)C)COC(C)(C)CCOC(C)C. The average molecular weight is 397 g/mol. The first-order valence-corrected chi connectivity index (χ1v) is 10.8. The lowest BCUT2D eigenvalue weighted by Crippen LogP contribution is -2.41. The molecule has 166 valence electrons. The highest BCUT2D eigenvalue weighted by Gasteiger charge is 2.28. The summed E-state index contributed by atoms with van der Waals surface area (Å²) in [6.45, 7) is 25.2. The summed E-state index contributed by atoms with van der Waals surface area (Å²) in [5.41, 5.74) is 2.16. The third-order valence-corrected chi connectivity index (χ3v) is 4.87. The molecular weight excluding hydrogens is 348 g/mol. The first-order chi connectivity index (χ1) is 12.6. The van der Waals surface area contributed by atoms with E-state index < -0.39 is 0 Å². The molecule has 0 rings (SSSR count). The first-order valence-electron chi connectivity index (χ1n) is 10.8. The molecule has 0 aromatic rings. The fraction of sp³-hybridized carbons (Fsp3) is 0.875. The number of aliphatic imine (C=N–C) groups is 1. The molecule has 0 N–H and O–H groups in total. The van der Waals surface area contributed by atoms with Crippen LogP contribution in [0.2, 0.25) is 0 Å². The van der Waals surface area contributed by atoms with E-state index in [9.17, 15) is 0 Å². The summed E-state index contributed by atoms with van der Waals surface area (Å²) in [5, 5.41) is 0. The van der Waals surface area contributed by atoms with E-state index >= 15 is 0 Å². The molecule has 4 nitrogen and oxygen atoms in total. The van der Waals surface area contributed by atoms with Gasteiger partial charge in [0.25, 0.3) is 0 Å². The van der Waals surface area contributed by atoms with E-state index in [0.29, 0.717) is 13.2 Å². The summed E-state index contributed by atoms with van der Waals surface area (Å²) < 4.78 is 11.9. The van der Waals surface area contributed by atoms with Crippen LogP contribution in [0.5, 0.6) is 0 Å². The van der Waals surface area contributed by atoms with Gasteiger partial charge in [-0.15, -0.1) is 0 Å². The van der Waals surface area contributed by atoms with E-state index in [0.717, 1.165) is 30.7 Å². The van der Waals surface area contributed by atoms with E-state index in [4.69, 9.17) is 14.5 Å². The van der Waals surface area contributed by atoms with Crippen LogP contribution in [0.3, 0.4) is 0 Å². The molecule has 0 heterocycles. The van der Waals surface area contributed by atoms with Gasteiger partial charge in [-0.05, 0) is 73.1 Å². The summed E-state index contributed by atoms with van der Waals surface area (Å²) in [4.78, 5) is 7.13. The van der Waals surface area contributed by atoms with E-state index in [2.05, 4.69) is 94.3 Å². The van der Waals surface area contributed by atoms with Crippen LogP contribution in [0.4, 0.5) is 0 Å². The van der Waals surface area contributed by atoms with Crippen LogP contribution in [0.1, 0.15) is 95.4 Å². The smallest absolute Gasteiger partial charge is 0.0909 e. The number of nitrogens with zero attached hydrogens (tertiary/aromatic N) is 2. The highest BCUT2D eigenvalue weighted by atomic mass is 16.5. The van der Waals surface area contributed by atoms with Crippen LogP contribution in [-0.2, 0) is 9.47 Å². The molecule has 0 aliphatic rings. The Morgan fingerprint density at radius 1 is 1.07 bits per heavy atom. The number of hydrogen-bond acceptors (Lipinski definition) is 4. The van der Waals surface area contributed by atoms with Crippen LogP contribution >= 0.6 is 0 Å². The molecule has 0 amide bonds. The van der Waals surface area contributed by atoms with Gasteiger partial charge in [-0.25, -0.2) is 0 Å². The molecule has 4 heteroatoms. The standard InChI is InChI=1S/C24H48N2O2/c1-13-20(4)25-21(16-26(12)23(8,9)18-22(5,6)7)17-28-24(10,11)14-15-27-19(2)3/h16,19H,13-15,17-18H2,1-12H3/b21-16-,25-20?. The Bertz CT molecular complexity index is 511. The normalized spacial score (nSPS) is 14.8. The monoisotopic (exact) mass is 396 g/mol. The second-order valence-corrected chi connectivity index (χ2v) is 10.7. The predicted molar refractivity (Wildman–Crippen MR) is 123 cm³/mol. The lowest BCUT2D eigenvalue weighted by Gasteiger charge is -2.40. The molecule has 0 aliphatic heterocycles. The van der Waals surface area contributed by atoms with E-state index in [1.54, 1.807) is 0 Å². The van der Waals surface area contributed by atoms with Crippen molar-refractivity contribution in [2.45, 2.75) is 113 Å². The second-order valence-electron chi connectivity index (χ2n) is 10.7. The van der Waals surface area contributed by atoms with Crippen LogP contribution in [0.15, 0.2) is 16.9 Å². The molecule has 0 aromatic heterocycles. The summed E-state index contributed by atoms with van der Waals surface area (Å²) in [7, 11) is 2.14. The van der Waals surface area contributed by atoms with Crippen molar-refractivity contribution in [1.29, 1.82) is 0 Å². The molecule has 0 unspecified atom stereocenters. The van der Waals surface area contributed by atoms with Crippen molar-refractivity contribution in [1.82, 2.24) is 4.90 Å². The molecule has 0 aliphatic carbocycles. The zero-order valence-electron chi connectivity index (χ0n) is 20.9. The fourth-order valence-electron chi connectivity index (χ4n) is 3.13.